The first-order chi connectivity index (χ1) is 14.5. The lowest BCUT2D eigenvalue weighted by atomic mass is 10.1. The Morgan fingerprint density at radius 2 is 1.68 bits per heavy atom. The Morgan fingerprint density at radius 1 is 1.10 bits per heavy atom. The molecule has 0 radical (unpaired) electrons. The highest BCUT2D eigenvalue weighted by atomic mass is 127. The van der Waals surface area contributed by atoms with Crippen LogP contribution >= 0.6 is 52.9 Å². The molecule has 8 nitrogen and oxygen atoms in total. The third-order valence-corrected chi connectivity index (χ3v) is 7.34. The normalized spacial score (nSPS) is 14.0. The lowest BCUT2D eigenvalue weighted by Crippen LogP contribution is -2.36. The van der Waals surface area contributed by atoms with Crippen LogP contribution in [0, 0.1) is 7.14 Å². The zero-order chi connectivity index (χ0) is 23.2. The average Bonchev–Trinajstić information content (AvgIpc) is 2.67. The van der Waals surface area contributed by atoms with Crippen molar-refractivity contribution in [2.24, 2.45) is 0 Å². The number of esters is 1. The van der Waals surface area contributed by atoms with Gasteiger partial charge in [-0.15, -0.1) is 0 Å². The van der Waals surface area contributed by atoms with E-state index in [0.29, 0.717) is 18.5 Å². The molecule has 0 saturated carbocycles. The highest BCUT2D eigenvalue weighted by molar-refractivity contribution is 14.1. The Kier molecular flexibility index (Phi) is 9.74. The van der Waals surface area contributed by atoms with Gasteiger partial charge >= 0.3 is 19.7 Å². The zero-order valence-electron chi connectivity index (χ0n) is 17.0. The fourth-order valence-electron chi connectivity index (χ4n) is 2.35. The average molecular weight is 673 g/mol. The molecule has 2 aromatic carbocycles. The third kappa shape index (κ3) is 8.01. The van der Waals surface area contributed by atoms with Gasteiger partial charge in [-0.1, -0.05) is 18.2 Å². The van der Waals surface area contributed by atoms with Crippen LogP contribution in [0.2, 0.25) is 0 Å². The zero-order valence-corrected chi connectivity index (χ0v) is 22.2. The molecule has 2 aromatic rings. The molecule has 0 aromatic heterocycles. The second kappa shape index (κ2) is 11.6. The molecular weight excluding hydrogens is 651 g/mol. The summed E-state index contributed by atoms with van der Waals surface area (Å²) < 4.78 is 31.2. The summed E-state index contributed by atoms with van der Waals surface area (Å²) in [6, 6.07) is 10.5. The molecule has 0 fully saturated rings. The van der Waals surface area contributed by atoms with Gasteiger partial charge in [-0.05, 0) is 90.2 Å². The van der Waals surface area contributed by atoms with Crippen LogP contribution < -0.4 is 9.61 Å². The number of carbonyl (C=O) groups is 2. The number of carbonyl (C=O) groups excluding carboxylic acids is 1. The van der Waals surface area contributed by atoms with E-state index in [1.807, 2.05) is 45.2 Å². The van der Waals surface area contributed by atoms with Gasteiger partial charge < -0.3 is 14.4 Å². The first-order valence-corrected chi connectivity index (χ1v) is 12.9. The van der Waals surface area contributed by atoms with Crippen LogP contribution in [0.25, 0.3) is 0 Å². The van der Waals surface area contributed by atoms with Crippen molar-refractivity contribution in [2.45, 2.75) is 39.5 Å². The van der Waals surface area contributed by atoms with Crippen LogP contribution in [0.4, 0.5) is 0 Å². The lowest BCUT2D eigenvalue weighted by molar-refractivity contribution is -0.149. The maximum absolute atomic E-state index is 13.5. The van der Waals surface area contributed by atoms with Crippen molar-refractivity contribution in [3.8, 4) is 5.75 Å². The van der Waals surface area contributed by atoms with E-state index in [1.165, 1.54) is 19.1 Å². The SMILES string of the molecule is CC(C)OC(=O)[C@H](C)NP(=O)(OCc1c(I)cc(C(=O)O)cc1I)Oc1ccccc1. The molecule has 0 bridgehead atoms. The topological polar surface area (TPSA) is 111 Å². The minimum Gasteiger partial charge on any atom is -0.478 e. The fourth-order valence-corrected chi connectivity index (χ4v) is 5.89. The first-order valence-electron chi connectivity index (χ1n) is 9.19. The monoisotopic (exact) mass is 673 g/mol. The van der Waals surface area contributed by atoms with E-state index in [2.05, 4.69) is 5.09 Å². The fraction of sp³-hybridized carbons (Fsp3) is 0.300. The van der Waals surface area contributed by atoms with Crippen LogP contribution in [0.1, 0.15) is 36.7 Å². The molecule has 2 N–H and O–H groups in total. The van der Waals surface area contributed by atoms with Gasteiger partial charge in [0.2, 0.25) is 0 Å². The molecule has 0 aliphatic heterocycles. The molecular formula is C20H22I2NO7P. The number of carboxylic acids is 1. The Labute approximate surface area is 207 Å². The van der Waals surface area contributed by atoms with Crippen molar-refractivity contribution >= 4 is 64.9 Å². The van der Waals surface area contributed by atoms with Gasteiger partial charge in [-0.2, -0.15) is 5.09 Å². The molecule has 168 valence electrons. The largest absolute Gasteiger partial charge is 0.478 e. The van der Waals surface area contributed by atoms with Crippen LogP contribution in [0.15, 0.2) is 42.5 Å². The van der Waals surface area contributed by atoms with E-state index in [0.717, 1.165) is 0 Å². The van der Waals surface area contributed by atoms with Crippen LogP contribution in [-0.4, -0.2) is 29.2 Å². The van der Waals surface area contributed by atoms with E-state index < -0.39 is 25.7 Å². The smallest absolute Gasteiger partial charge is 0.459 e. The first kappa shape index (κ1) is 26.0. The highest BCUT2D eigenvalue weighted by Crippen LogP contribution is 2.46. The third-order valence-electron chi connectivity index (χ3n) is 3.79. The van der Waals surface area contributed by atoms with Gasteiger partial charge in [0.05, 0.1) is 18.3 Å². The summed E-state index contributed by atoms with van der Waals surface area (Å²) in [6.07, 6.45) is -0.331. The van der Waals surface area contributed by atoms with Crippen molar-refractivity contribution in [1.29, 1.82) is 0 Å². The predicted molar refractivity (Wildman–Crippen MR) is 132 cm³/mol. The molecule has 0 aliphatic carbocycles. The van der Waals surface area contributed by atoms with Gasteiger partial charge in [0.15, 0.2) is 0 Å². The molecule has 2 rings (SSSR count). The van der Waals surface area contributed by atoms with E-state index in [4.69, 9.17) is 13.8 Å². The quantitative estimate of drug-likeness (QED) is 0.201. The Hall–Kier alpha value is -1.21. The van der Waals surface area contributed by atoms with Crippen molar-refractivity contribution in [1.82, 2.24) is 5.09 Å². The molecule has 2 atom stereocenters. The number of nitrogens with one attached hydrogen (secondary N) is 1. The Morgan fingerprint density at radius 3 is 2.19 bits per heavy atom. The lowest BCUT2D eigenvalue weighted by Gasteiger charge is -2.23. The summed E-state index contributed by atoms with van der Waals surface area (Å²) in [7, 11) is -4.00. The van der Waals surface area contributed by atoms with Gasteiger partial charge in [-0.25, -0.2) is 9.36 Å². The van der Waals surface area contributed by atoms with Gasteiger partial charge in [0.25, 0.3) is 0 Å². The molecule has 0 aliphatic rings. The van der Waals surface area contributed by atoms with Crippen molar-refractivity contribution in [3.05, 3.63) is 60.7 Å². The number of benzene rings is 2. The molecule has 1 unspecified atom stereocenters. The number of carboxylic acid groups (broad SMARTS) is 1. The van der Waals surface area contributed by atoms with Crippen molar-refractivity contribution in [3.63, 3.8) is 0 Å². The maximum atomic E-state index is 13.5. The molecule has 0 heterocycles. The summed E-state index contributed by atoms with van der Waals surface area (Å²) >= 11 is 3.99. The Balaban J connectivity index is 2.26. The summed E-state index contributed by atoms with van der Waals surface area (Å²) in [4.78, 5) is 23.4. The van der Waals surface area contributed by atoms with Crippen LogP contribution in [0.3, 0.4) is 0 Å². The number of halogens is 2. The highest BCUT2D eigenvalue weighted by Gasteiger charge is 2.33. The van der Waals surface area contributed by atoms with Gasteiger partial charge in [-0.3, -0.25) is 9.32 Å². The van der Waals surface area contributed by atoms with Gasteiger partial charge in [0, 0.05) is 12.7 Å². The molecule has 31 heavy (non-hydrogen) atoms. The standard InChI is InChI=1S/C20H22I2NO7P/c1-12(2)29-20(26)13(3)23-31(27,30-15-7-5-4-6-8-15)28-11-16-17(21)9-14(19(24)25)10-18(16)22/h4-10,12-13H,11H2,1-3H3,(H,23,27)(H,24,25)/t13-,31?/m0/s1. The second-order valence-electron chi connectivity index (χ2n) is 6.74. The summed E-state index contributed by atoms with van der Waals surface area (Å²) in [5.41, 5.74) is 0.798. The molecule has 0 spiro atoms. The summed E-state index contributed by atoms with van der Waals surface area (Å²) in [6.45, 7) is 4.81. The van der Waals surface area contributed by atoms with E-state index >= 15 is 0 Å². The minimum atomic E-state index is -4.00. The van der Waals surface area contributed by atoms with Gasteiger partial charge in [0.1, 0.15) is 11.8 Å². The number of hydrogen-bond acceptors (Lipinski definition) is 6. The van der Waals surface area contributed by atoms with Crippen LogP contribution in [0.5, 0.6) is 5.75 Å². The van der Waals surface area contributed by atoms with E-state index in [1.54, 1.807) is 44.2 Å². The molecule has 0 saturated heterocycles. The Bertz CT molecular complexity index is 962. The number of aromatic carboxylic acids is 1. The second-order valence-corrected chi connectivity index (χ2v) is 10.8. The van der Waals surface area contributed by atoms with Crippen molar-refractivity contribution < 1.29 is 33.0 Å². The molecule has 11 heteroatoms. The number of ether oxygens (including phenoxy) is 1. The number of hydrogen-bond donors (Lipinski definition) is 2. The maximum Gasteiger partial charge on any atom is 0.459 e. The minimum absolute atomic E-state index is 0.125. The molecule has 0 amide bonds. The summed E-state index contributed by atoms with van der Waals surface area (Å²) in [5.74, 6) is -1.33. The van der Waals surface area contributed by atoms with Crippen LogP contribution in [-0.2, 0) is 25.2 Å². The summed E-state index contributed by atoms with van der Waals surface area (Å²) in [5, 5.41) is 11.8. The van der Waals surface area contributed by atoms with E-state index in [9.17, 15) is 19.3 Å². The van der Waals surface area contributed by atoms with E-state index in [-0.39, 0.29) is 18.3 Å². The number of para-hydroxylation sites is 1. The number of rotatable bonds is 10. The van der Waals surface area contributed by atoms with Crippen molar-refractivity contribution in [2.75, 3.05) is 0 Å². The predicted octanol–water partition coefficient (Wildman–Crippen LogP) is 5.23.